The zero-order valence-corrected chi connectivity index (χ0v) is 18.5. The van der Waals surface area contributed by atoms with Gasteiger partial charge in [0.15, 0.2) is 4.96 Å². The summed E-state index contributed by atoms with van der Waals surface area (Å²) in [6.45, 7) is 9.01. The Hall–Kier alpha value is -2.76. The average molecular weight is 418 g/mol. The van der Waals surface area contributed by atoms with Crippen molar-refractivity contribution in [2.75, 3.05) is 6.54 Å². The van der Waals surface area contributed by atoms with Gasteiger partial charge in [0.1, 0.15) is 0 Å². The van der Waals surface area contributed by atoms with Crippen molar-refractivity contribution >= 4 is 16.3 Å². The van der Waals surface area contributed by atoms with E-state index >= 15 is 0 Å². The van der Waals surface area contributed by atoms with Crippen LogP contribution in [0.15, 0.2) is 70.8 Å². The molecule has 0 saturated carbocycles. The first kappa shape index (κ1) is 20.5. The van der Waals surface area contributed by atoms with Crippen LogP contribution in [-0.4, -0.2) is 20.8 Å². The highest BCUT2D eigenvalue weighted by atomic mass is 32.1. The van der Waals surface area contributed by atoms with Crippen LogP contribution in [-0.2, 0) is 13.1 Å². The van der Waals surface area contributed by atoms with E-state index in [4.69, 9.17) is 4.98 Å². The summed E-state index contributed by atoms with van der Waals surface area (Å²) in [5, 5.41) is 2.01. The smallest absolute Gasteiger partial charge is 0.259 e. The predicted molar refractivity (Wildman–Crippen MR) is 125 cm³/mol. The van der Waals surface area contributed by atoms with Gasteiger partial charge in [0.2, 0.25) is 0 Å². The second kappa shape index (κ2) is 8.94. The van der Waals surface area contributed by atoms with Crippen LogP contribution in [0.25, 0.3) is 16.2 Å². The number of aryl methyl sites for hydroxylation is 1. The molecule has 0 fully saturated rings. The first-order valence-corrected chi connectivity index (χ1v) is 11.2. The van der Waals surface area contributed by atoms with Gasteiger partial charge in [0.05, 0.1) is 11.4 Å². The van der Waals surface area contributed by atoms with E-state index in [2.05, 4.69) is 49.9 Å². The summed E-state index contributed by atoms with van der Waals surface area (Å²) >= 11 is 1.52. The third-order valence-corrected chi connectivity index (χ3v) is 5.89. The molecule has 4 rings (SSSR count). The van der Waals surface area contributed by atoms with Crippen molar-refractivity contribution in [3.05, 3.63) is 93.2 Å². The number of benzene rings is 2. The van der Waals surface area contributed by atoms with E-state index in [1.54, 1.807) is 10.5 Å². The van der Waals surface area contributed by atoms with Gasteiger partial charge in [-0.1, -0.05) is 74.0 Å². The summed E-state index contributed by atoms with van der Waals surface area (Å²) in [7, 11) is 0. The molecule has 0 aliphatic carbocycles. The lowest BCUT2D eigenvalue weighted by Gasteiger charge is -2.24. The number of hydrogen-bond donors (Lipinski definition) is 0. The minimum Gasteiger partial charge on any atom is -0.293 e. The van der Waals surface area contributed by atoms with Crippen molar-refractivity contribution in [3.63, 3.8) is 0 Å². The van der Waals surface area contributed by atoms with Gasteiger partial charge in [0, 0.05) is 31.1 Å². The molecule has 30 heavy (non-hydrogen) atoms. The monoisotopic (exact) mass is 417 g/mol. The summed E-state index contributed by atoms with van der Waals surface area (Å²) in [6.07, 6.45) is 0. The molecule has 0 bridgehead atoms. The molecule has 0 aliphatic heterocycles. The topological polar surface area (TPSA) is 37.6 Å². The molecule has 2 aromatic heterocycles. The van der Waals surface area contributed by atoms with Gasteiger partial charge in [-0.15, -0.1) is 11.3 Å². The lowest BCUT2D eigenvalue weighted by Crippen LogP contribution is -2.28. The fraction of sp³-hybridized carbons (Fsp3) is 0.280. The molecule has 0 N–H and O–H groups in total. The molecule has 0 unspecified atom stereocenters. The van der Waals surface area contributed by atoms with Crippen LogP contribution in [0.2, 0.25) is 0 Å². The SMILES string of the molecule is Cc1ccc(CN(Cc2cc(=O)n3c(-c4ccccc4)csc3n2)CC(C)C)cc1. The minimum absolute atomic E-state index is 0.0186. The second-order valence-electron chi connectivity index (χ2n) is 8.24. The summed E-state index contributed by atoms with van der Waals surface area (Å²) in [4.78, 5) is 20.9. The highest BCUT2D eigenvalue weighted by Crippen LogP contribution is 2.24. The first-order valence-electron chi connectivity index (χ1n) is 10.3. The molecule has 0 radical (unpaired) electrons. The number of rotatable bonds is 7. The maximum absolute atomic E-state index is 13.0. The third-order valence-electron chi connectivity index (χ3n) is 5.06. The Morgan fingerprint density at radius 3 is 2.47 bits per heavy atom. The van der Waals surface area contributed by atoms with Gasteiger partial charge in [-0.05, 0) is 24.0 Å². The maximum Gasteiger partial charge on any atom is 0.259 e. The maximum atomic E-state index is 13.0. The first-order chi connectivity index (χ1) is 14.5. The summed E-state index contributed by atoms with van der Waals surface area (Å²) < 4.78 is 1.72. The van der Waals surface area contributed by atoms with E-state index < -0.39 is 0 Å². The Labute approximate surface area is 181 Å². The highest BCUT2D eigenvalue weighted by molar-refractivity contribution is 7.15. The van der Waals surface area contributed by atoms with Gasteiger partial charge in [0.25, 0.3) is 5.56 Å². The fourth-order valence-electron chi connectivity index (χ4n) is 3.74. The number of thiazole rings is 1. The van der Waals surface area contributed by atoms with Crippen molar-refractivity contribution in [3.8, 4) is 11.3 Å². The van der Waals surface area contributed by atoms with Gasteiger partial charge in [-0.2, -0.15) is 0 Å². The lowest BCUT2D eigenvalue weighted by molar-refractivity contribution is 0.225. The Balaban J connectivity index is 1.62. The van der Waals surface area contributed by atoms with Crippen molar-refractivity contribution in [2.45, 2.75) is 33.9 Å². The van der Waals surface area contributed by atoms with Crippen LogP contribution in [0.5, 0.6) is 0 Å². The van der Waals surface area contributed by atoms with Crippen molar-refractivity contribution < 1.29 is 0 Å². The zero-order valence-electron chi connectivity index (χ0n) is 17.7. The van der Waals surface area contributed by atoms with Crippen LogP contribution in [0.4, 0.5) is 0 Å². The minimum atomic E-state index is -0.0186. The molecular formula is C25H27N3OS. The van der Waals surface area contributed by atoms with Gasteiger partial charge in [-0.25, -0.2) is 4.98 Å². The number of hydrogen-bond acceptors (Lipinski definition) is 4. The van der Waals surface area contributed by atoms with E-state index in [1.165, 1.54) is 22.5 Å². The van der Waals surface area contributed by atoms with Crippen molar-refractivity contribution in [2.24, 2.45) is 5.92 Å². The van der Waals surface area contributed by atoms with E-state index in [9.17, 15) is 4.79 Å². The molecule has 0 atom stereocenters. The lowest BCUT2D eigenvalue weighted by atomic mass is 10.1. The number of aromatic nitrogens is 2. The van der Waals surface area contributed by atoms with Crippen LogP contribution in [0.1, 0.15) is 30.7 Å². The van der Waals surface area contributed by atoms with E-state index in [1.807, 2.05) is 35.7 Å². The van der Waals surface area contributed by atoms with Crippen LogP contribution >= 0.6 is 11.3 Å². The van der Waals surface area contributed by atoms with Crippen molar-refractivity contribution in [1.82, 2.24) is 14.3 Å². The molecule has 4 aromatic rings. The Kier molecular flexibility index (Phi) is 6.11. The fourth-order valence-corrected chi connectivity index (χ4v) is 4.66. The van der Waals surface area contributed by atoms with Gasteiger partial charge in [-0.3, -0.25) is 14.1 Å². The molecular weight excluding hydrogens is 390 g/mol. The normalized spacial score (nSPS) is 11.6. The Morgan fingerprint density at radius 2 is 1.77 bits per heavy atom. The molecule has 4 nitrogen and oxygen atoms in total. The molecule has 0 aliphatic rings. The van der Waals surface area contributed by atoms with Crippen molar-refractivity contribution in [1.29, 1.82) is 0 Å². The standard InChI is InChI=1S/C25H27N3OS/c1-18(2)14-27(15-20-11-9-19(3)10-12-20)16-22-13-24(29)28-23(17-30-25(28)26-22)21-7-5-4-6-8-21/h4-13,17-18H,14-16H2,1-3H3. The van der Waals surface area contributed by atoms with E-state index in [0.717, 1.165) is 35.0 Å². The Morgan fingerprint density at radius 1 is 1.03 bits per heavy atom. The summed E-state index contributed by atoms with van der Waals surface area (Å²) in [5.74, 6) is 0.534. The highest BCUT2D eigenvalue weighted by Gasteiger charge is 2.14. The molecule has 0 spiro atoms. The molecule has 5 heteroatoms. The van der Waals surface area contributed by atoms with Gasteiger partial charge < -0.3 is 0 Å². The van der Waals surface area contributed by atoms with Gasteiger partial charge >= 0.3 is 0 Å². The average Bonchev–Trinajstić information content (AvgIpc) is 3.14. The number of fused-ring (bicyclic) bond motifs is 1. The largest absolute Gasteiger partial charge is 0.293 e. The van der Waals surface area contributed by atoms with Crippen LogP contribution < -0.4 is 5.56 Å². The second-order valence-corrected chi connectivity index (χ2v) is 9.08. The summed E-state index contributed by atoms with van der Waals surface area (Å²) in [6, 6.07) is 20.3. The molecule has 2 aromatic carbocycles. The Bertz CT molecular complexity index is 1180. The third kappa shape index (κ3) is 4.69. The summed E-state index contributed by atoms with van der Waals surface area (Å²) in [5.41, 5.74) is 5.28. The molecule has 2 heterocycles. The molecule has 0 saturated heterocycles. The van der Waals surface area contributed by atoms with Crippen LogP contribution in [0.3, 0.4) is 0 Å². The van der Waals surface area contributed by atoms with E-state index in [-0.39, 0.29) is 5.56 Å². The molecule has 154 valence electrons. The van der Waals surface area contributed by atoms with E-state index in [0.29, 0.717) is 12.5 Å². The zero-order chi connectivity index (χ0) is 21.1. The quantitative estimate of drug-likeness (QED) is 0.405. The molecule has 0 amide bonds. The predicted octanol–water partition coefficient (Wildman–Crippen LogP) is 5.39. The number of nitrogens with zero attached hydrogens (tertiary/aromatic N) is 3. The van der Waals surface area contributed by atoms with Crippen LogP contribution in [0, 0.1) is 12.8 Å².